The van der Waals surface area contributed by atoms with Gasteiger partial charge in [-0.15, -0.1) is 0 Å². The molecule has 5 nitrogen and oxygen atoms in total. The molecule has 1 aromatic heterocycles. The number of nitrogens with zero attached hydrogens (tertiary/aromatic N) is 2. The van der Waals surface area contributed by atoms with Crippen molar-refractivity contribution in [2.45, 2.75) is 19.0 Å². The van der Waals surface area contributed by atoms with Gasteiger partial charge in [-0.25, -0.2) is 0 Å². The number of rotatable bonds is 5. The van der Waals surface area contributed by atoms with E-state index in [1.807, 2.05) is 30.3 Å². The number of amides is 1. The molecule has 2 N–H and O–H groups in total. The molecule has 0 radical (unpaired) electrons. The Morgan fingerprint density at radius 2 is 1.96 bits per heavy atom. The van der Waals surface area contributed by atoms with Crippen molar-refractivity contribution in [2.24, 2.45) is 5.92 Å². The van der Waals surface area contributed by atoms with E-state index in [1.54, 1.807) is 24.5 Å². The van der Waals surface area contributed by atoms with E-state index in [-0.39, 0.29) is 24.5 Å². The molecular formula is C19H23N3O2. The molecule has 0 saturated carbocycles. The van der Waals surface area contributed by atoms with Gasteiger partial charge in [0.25, 0.3) is 5.91 Å². The molecule has 2 heterocycles. The summed E-state index contributed by atoms with van der Waals surface area (Å²) in [5.41, 5.74) is 1.86. The van der Waals surface area contributed by atoms with Crippen molar-refractivity contribution < 1.29 is 9.90 Å². The fraction of sp³-hybridized carbons (Fsp3) is 0.368. The van der Waals surface area contributed by atoms with Crippen LogP contribution in [0.15, 0.2) is 54.9 Å². The van der Waals surface area contributed by atoms with Gasteiger partial charge in [0.15, 0.2) is 0 Å². The van der Waals surface area contributed by atoms with Gasteiger partial charge in [-0.3, -0.25) is 14.7 Å². The van der Waals surface area contributed by atoms with Gasteiger partial charge in [0.2, 0.25) is 0 Å². The Hall–Kier alpha value is -2.24. The summed E-state index contributed by atoms with van der Waals surface area (Å²) < 4.78 is 0. The van der Waals surface area contributed by atoms with Gasteiger partial charge in [0.1, 0.15) is 0 Å². The third-order valence-electron chi connectivity index (χ3n) is 4.58. The summed E-state index contributed by atoms with van der Waals surface area (Å²) in [6, 6.07) is 13.2. The molecule has 2 atom stereocenters. The van der Waals surface area contributed by atoms with Gasteiger partial charge in [0.05, 0.1) is 0 Å². The average molecular weight is 325 g/mol. The van der Waals surface area contributed by atoms with Crippen molar-refractivity contribution in [2.75, 3.05) is 19.7 Å². The minimum Gasteiger partial charge on any atom is -0.396 e. The summed E-state index contributed by atoms with van der Waals surface area (Å²) in [6.07, 6.45) is 4.47. The third kappa shape index (κ3) is 4.19. The quantitative estimate of drug-likeness (QED) is 0.878. The molecule has 0 spiro atoms. The minimum atomic E-state index is -0.0789. The molecule has 1 aliphatic heterocycles. The fourth-order valence-electron chi connectivity index (χ4n) is 3.18. The van der Waals surface area contributed by atoms with Crippen molar-refractivity contribution in [1.82, 2.24) is 15.2 Å². The Morgan fingerprint density at radius 3 is 2.67 bits per heavy atom. The van der Waals surface area contributed by atoms with Crippen molar-refractivity contribution in [3.05, 3.63) is 66.0 Å². The number of aliphatic hydroxyl groups excluding tert-OH is 1. The van der Waals surface area contributed by atoms with E-state index in [9.17, 15) is 9.90 Å². The van der Waals surface area contributed by atoms with Gasteiger partial charge in [-0.05, 0) is 42.8 Å². The highest BCUT2D eigenvalue weighted by atomic mass is 16.3. The molecule has 126 valence electrons. The number of pyridine rings is 1. The number of hydrogen-bond donors (Lipinski definition) is 2. The first-order valence-corrected chi connectivity index (χ1v) is 8.34. The largest absolute Gasteiger partial charge is 0.396 e. The molecule has 1 amide bonds. The zero-order chi connectivity index (χ0) is 16.8. The maximum atomic E-state index is 12.4. The monoisotopic (exact) mass is 325 g/mol. The zero-order valence-corrected chi connectivity index (χ0v) is 13.6. The van der Waals surface area contributed by atoms with Crippen LogP contribution in [0.5, 0.6) is 0 Å². The predicted octanol–water partition coefficient (Wildman–Crippen LogP) is 1.69. The van der Waals surface area contributed by atoms with Gasteiger partial charge >= 0.3 is 0 Å². The van der Waals surface area contributed by atoms with E-state index in [2.05, 4.69) is 15.2 Å². The maximum Gasteiger partial charge on any atom is 0.251 e. The Labute approximate surface area is 142 Å². The Kier molecular flexibility index (Phi) is 5.56. The summed E-state index contributed by atoms with van der Waals surface area (Å²) >= 11 is 0. The summed E-state index contributed by atoms with van der Waals surface area (Å²) in [5.74, 6) is 0.0242. The van der Waals surface area contributed by atoms with Crippen LogP contribution in [0.25, 0.3) is 0 Å². The SMILES string of the molecule is O=C(N[C@@H]1CN(Cc2ccncc2)CC[C@@H]1CO)c1ccccc1. The van der Waals surface area contributed by atoms with Crippen LogP contribution < -0.4 is 5.32 Å². The normalized spacial score (nSPS) is 21.4. The number of aliphatic hydroxyl groups is 1. The van der Waals surface area contributed by atoms with Crippen LogP contribution in [0.3, 0.4) is 0 Å². The highest BCUT2D eigenvalue weighted by Gasteiger charge is 2.30. The maximum absolute atomic E-state index is 12.4. The number of carbonyl (C=O) groups is 1. The van der Waals surface area contributed by atoms with Crippen LogP contribution in [-0.4, -0.2) is 46.6 Å². The first kappa shape index (κ1) is 16.6. The molecular weight excluding hydrogens is 302 g/mol. The standard InChI is InChI=1S/C19H23N3O2/c23-14-17-8-11-22(12-15-6-9-20-10-7-15)13-18(17)21-19(24)16-4-2-1-3-5-16/h1-7,9-10,17-18,23H,8,11-14H2,(H,21,24)/t17-,18-/m1/s1. The van der Waals surface area contributed by atoms with Crippen LogP contribution in [0.4, 0.5) is 0 Å². The van der Waals surface area contributed by atoms with Gasteiger partial charge in [-0.1, -0.05) is 18.2 Å². The van der Waals surface area contributed by atoms with Crippen molar-refractivity contribution in [3.63, 3.8) is 0 Å². The van der Waals surface area contributed by atoms with E-state index in [4.69, 9.17) is 0 Å². The summed E-state index contributed by atoms with van der Waals surface area (Å²) in [4.78, 5) is 18.8. The van der Waals surface area contributed by atoms with Crippen molar-refractivity contribution in [1.29, 1.82) is 0 Å². The second-order valence-corrected chi connectivity index (χ2v) is 6.27. The lowest BCUT2D eigenvalue weighted by atomic mass is 9.91. The highest BCUT2D eigenvalue weighted by Crippen LogP contribution is 2.19. The number of carbonyl (C=O) groups excluding carboxylic acids is 1. The average Bonchev–Trinajstić information content (AvgIpc) is 2.63. The molecule has 3 rings (SSSR count). The lowest BCUT2D eigenvalue weighted by Gasteiger charge is -2.38. The van der Waals surface area contributed by atoms with E-state index in [1.165, 1.54) is 5.56 Å². The van der Waals surface area contributed by atoms with Crippen LogP contribution in [0, 0.1) is 5.92 Å². The van der Waals surface area contributed by atoms with Gasteiger partial charge in [0, 0.05) is 49.6 Å². The van der Waals surface area contributed by atoms with Crippen molar-refractivity contribution >= 4 is 5.91 Å². The first-order chi connectivity index (χ1) is 11.8. The van der Waals surface area contributed by atoms with Gasteiger partial charge < -0.3 is 10.4 Å². The number of hydrogen-bond acceptors (Lipinski definition) is 4. The fourth-order valence-corrected chi connectivity index (χ4v) is 3.18. The van der Waals surface area contributed by atoms with Gasteiger partial charge in [-0.2, -0.15) is 0 Å². The molecule has 1 saturated heterocycles. The third-order valence-corrected chi connectivity index (χ3v) is 4.58. The number of benzene rings is 1. The minimum absolute atomic E-state index is 0.0432. The van der Waals surface area contributed by atoms with Crippen LogP contribution in [-0.2, 0) is 6.54 Å². The van der Waals surface area contributed by atoms with Crippen LogP contribution in [0.2, 0.25) is 0 Å². The highest BCUT2D eigenvalue weighted by molar-refractivity contribution is 5.94. The summed E-state index contributed by atoms with van der Waals surface area (Å²) in [7, 11) is 0. The van der Waals surface area contributed by atoms with E-state index in [0.29, 0.717) is 5.56 Å². The smallest absolute Gasteiger partial charge is 0.251 e. The van der Waals surface area contributed by atoms with Crippen LogP contribution >= 0.6 is 0 Å². The number of piperidine rings is 1. The van der Waals surface area contributed by atoms with Crippen molar-refractivity contribution in [3.8, 4) is 0 Å². The molecule has 0 aliphatic carbocycles. The molecule has 0 bridgehead atoms. The van der Waals surface area contributed by atoms with Crippen LogP contribution in [0.1, 0.15) is 22.3 Å². The second kappa shape index (κ2) is 8.04. The topological polar surface area (TPSA) is 65.5 Å². The number of likely N-dealkylation sites (tertiary alicyclic amines) is 1. The molecule has 2 aromatic rings. The number of nitrogens with one attached hydrogen (secondary N) is 1. The Balaban J connectivity index is 1.64. The lowest BCUT2D eigenvalue weighted by molar-refractivity contribution is 0.0730. The molecule has 5 heteroatoms. The van der Waals surface area contributed by atoms with E-state index >= 15 is 0 Å². The Morgan fingerprint density at radius 1 is 1.21 bits per heavy atom. The lowest BCUT2D eigenvalue weighted by Crippen LogP contribution is -2.53. The second-order valence-electron chi connectivity index (χ2n) is 6.27. The first-order valence-electron chi connectivity index (χ1n) is 8.34. The molecule has 24 heavy (non-hydrogen) atoms. The molecule has 1 aromatic carbocycles. The van der Waals surface area contributed by atoms with E-state index in [0.717, 1.165) is 26.1 Å². The molecule has 1 aliphatic rings. The zero-order valence-electron chi connectivity index (χ0n) is 13.6. The molecule has 0 unspecified atom stereocenters. The summed E-state index contributed by atoms with van der Waals surface area (Å²) in [5, 5.41) is 12.7. The van der Waals surface area contributed by atoms with E-state index < -0.39 is 0 Å². The number of aromatic nitrogens is 1. The molecule has 1 fully saturated rings. The summed E-state index contributed by atoms with van der Waals surface area (Å²) in [6.45, 7) is 2.60. The Bertz CT molecular complexity index is 648. The predicted molar refractivity (Wildman–Crippen MR) is 92.4 cm³/mol.